The van der Waals surface area contributed by atoms with E-state index in [1.165, 1.54) is 29.3 Å². The molecule has 10 rings (SSSR count). The molecule has 5 heterocycles. The van der Waals surface area contributed by atoms with Crippen LogP contribution in [0.15, 0.2) is 91.0 Å². The molecule has 5 atom stereocenters. The molecule has 84 heavy (non-hydrogen) atoms. The zero-order valence-electron chi connectivity index (χ0n) is 48.5. The molecule has 1 fully saturated rings. The van der Waals surface area contributed by atoms with E-state index in [0.717, 1.165) is 40.9 Å². The molecule has 5 aliphatic heterocycles. The molecule has 0 aliphatic carbocycles. The number of likely N-dealkylation sites (N-methyl/N-ethyl adjacent to an activating group) is 1. The standard InChI is InChI=1S/C65H71N6O11S.Y/c1-38-24-50-43(21-22-47-29-44-14-7-10-18-52(44)70(47)63(50)77)31-56(38)81-36-41-26-42(37-82-58-33-54-51(32-57(58)80-5)64(78)71-48(35-68(54)4)30-45-15-8-11-19-53(45)71)28-46(27-41)67-62(76)39(2)25-55(73)40(3)66-60(74)20-12-9-16-49(72)17-13-23-69-61(75)34-59(83-6)65(69)79;/h7-8,10-11,14-15,18-19,24,26-28,31-33,35,39-40,47-48,59H,9,12-13,16-17,20-23,25,29-30,34,36-37H2,1-6H3,(H,66,74)(H,67,76);/q-1;/t39-,40+,47-,48+,59?;/m1./s1. The maximum Gasteiger partial charge on any atom is 0.258 e. The molecule has 19 heteroatoms. The van der Waals surface area contributed by atoms with Crippen molar-refractivity contribution in [3.63, 3.8) is 0 Å². The van der Waals surface area contributed by atoms with Crippen molar-refractivity contribution in [2.24, 2.45) is 5.92 Å². The number of rotatable bonds is 23. The zero-order valence-corrected chi connectivity index (χ0v) is 52.2. The summed E-state index contributed by atoms with van der Waals surface area (Å²) in [6.07, 6.45) is 6.81. The fraction of sp³-hybridized carbons (Fsp3) is 0.400. The van der Waals surface area contributed by atoms with E-state index in [-0.39, 0.29) is 143 Å². The maximum atomic E-state index is 14.3. The van der Waals surface area contributed by atoms with E-state index in [0.29, 0.717) is 83.0 Å². The minimum atomic E-state index is -0.858. The van der Waals surface area contributed by atoms with Crippen molar-refractivity contribution in [1.29, 1.82) is 0 Å². The van der Waals surface area contributed by atoms with E-state index < -0.39 is 17.9 Å². The van der Waals surface area contributed by atoms with E-state index in [9.17, 15) is 38.4 Å². The molecule has 2 N–H and O–H groups in total. The van der Waals surface area contributed by atoms with Gasteiger partial charge >= 0.3 is 0 Å². The van der Waals surface area contributed by atoms with Gasteiger partial charge in [-0.15, -0.1) is 0 Å². The fourth-order valence-electron chi connectivity index (χ4n) is 12.0. The molecule has 0 saturated carbocycles. The summed E-state index contributed by atoms with van der Waals surface area (Å²) in [4.78, 5) is 113. The van der Waals surface area contributed by atoms with Crippen molar-refractivity contribution in [3.8, 4) is 17.2 Å². The summed E-state index contributed by atoms with van der Waals surface area (Å²) in [5.74, 6) is -1.01. The largest absolute Gasteiger partial charge is 0.522 e. The van der Waals surface area contributed by atoms with E-state index in [1.807, 2.05) is 108 Å². The van der Waals surface area contributed by atoms with Crippen LogP contribution in [0.1, 0.15) is 126 Å². The second kappa shape index (κ2) is 27.0. The molecule has 0 spiro atoms. The Morgan fingerprint density at radius 2 is 1.38 bits per heavy atom. The molecular formula is C65H71N6O11SY-. The first-order chi connectivity index (χ1) is 40.0. The molecule has 1 saturated heterocycles. The van der Waals surface area contributed by atoms with Crippen LogP contribution in [0.25, 0.3) is 0 Å². The predicted molar refractivity (Wildman–Crippen MR) is 318 cm³/mol. The zero-order chi connectivity index (χ0) is 58.6. The monoisotopic (exact) mass is 1230 g/mol. The van der Waals surface area contributed by atoms with Crippen LogP contribution < -0.4 is 39.5 Å². The number of ether oxygens (including phenoxy) is 3. The van der Waals surface area contributed by atoms with E-state index in [1.54, 1.807) is 32.2 Å². The quantitative estimate of drug-likeness (QED) is 0.0356. The molecule has 5 aromatic rings. The van der Waals surface area contributed by atoms with Gasteiger partial charge in [0.15, 0.2) is 17.3 Å². The number of imide groups is 1. The van der Waals surface area contributed by atoms with Crippen LogP contribution in [0.5, 0.6) is 17.2 Å². The molecule has 6 amide bonds. The van der Waals surface area contributed by atoms with Crippen LogP contribution in [0, 0.1) is 19.4 Å². The Balaban J connectivity index is 0.00000846. The summed E-state index contributed by atoms with van der Waals surface area (Å²) in [5, 5.41) is 5.40. The van der Waals surface area contributed by atoms with Crippen LogP contribution in [-0.2, 0) is 94.0 Å². The topological polar surface area (TPSA) is 201 Å². The number of likely N-dealkylation sites (tertiary alicyclic amines) is 1. The smallest absolute Gasteiger partial charge is 0.258 e. The van der Waals surface area contributed by atoms with Gasteiger partial charge in [-0.05, 0) is 154 Å². The maximum absolute atomic E-state index is 14.3. The Morgan fingerprint density at radius 3 is 2.08 bits per heavy atom. The number of para-hydroxylation sites is 2. The summed E-state index contributed by atoms with van der Waals surface area (Å²) in [6, 6.07) is 28.0. The van der Waals surface area contributed by atoms with Crippen LogP contribution in [0.4, 0.5) is 22.7 Å². The average Bonchev–Trinajstić information content (AvgIpc) is 2.14. The molecule has 1 radical (unpaired) electrons. The molecule has 0 aromatic heterocycles. The van der Waals surface area contributed by atoms with Crippen molar-refractivity contribution >= 4 is 81.5 Å². The number of ketones is 2. The fourth-order valence-corrected chi connectivity index (χ4v) is 12.7. The minimum absolute atomic E-state index is 0. The van der Waals surface area contributed by atoms with E-state index >= 15 is 0 Å². The van der Waals surface area contributed by atoms with Crippen molar-refractivity contribution in [2.75, 3.05) is 47.0 Å². The van der Waals surface area contributed by atoms with Gasteiger partial charge in [-0.3, -0.25) is 43.3 Å². The van der Waals surface area contributed by atoms with Gasteiger partial charge in [0, 0.05) is 118 Å². The number of anilines is 4. The number of aryl methyl sites for hydroxylation is 2. The first kappa shape index (κ1) is 61.7. The third kappa shape index (κ3) is 13.5. The number of benzene rings is 5. The van der Waals surface area contributed by atoms with Crippen LogP contribution >= 0.6 is 11.8 Å². The van der Waals surface area contributed by atoms with Crippen molar-refractivity contribution in [2.45, 2.75) is 134 Å². The summed E-state index contributed by atoms with van der Waals surface area (Å²) < 4.78 is 18.9. The van der Waals surface area contributed by atoms with E-state index in [4.69, 9.17) is 14.2 Å². The minimum Gasteiger partial charge on any atom is -0.522 e. The SMILES string of the molecule is COc1cc2c(cc1OCc1cc(COc3cc4c(cc3C)C(=O)N3c5ccccc5C[C@H]3CC4)cc(NC(=O)[C@H](C)CC(=O)[C@H](C)NC(=O)CCCCC(=O)CCCN3C(=O)CC(SC)C3=O)c1)N(C)[CH-][C@@H]1Cc3ccccc3N1C2=O.[Y]. The number of unbranched alkanes of at least 4 members (excludes halogenated alkanes) is 1. The molecule has 5 aliphatic rings. The van der Waals surface area contributed by atoms with Crippen molar-refractivity contribution < 1.29 is 85.3 Å². The number of methoxy groups -OCH3 is 1. The number of carbonyl (C=O) groups excluding carboxylic acids is 8. The Hall–Kier alpha value is -6.89. The van der Waals surface area contributed by atoms with E-state index in [2.05, 4.69) is 16.7 Å². The average molecular weight is 1230 g/mol. The summed E-state index contributed by atoms with van der Waals surface area (Å²) in [5.41, 5.74) is 9.49. The molecule has 437 valence electrons. The summed E-state index contributed by atoms with van der Waals surface area (Å²) >= 11 is 1.35. The molecule has 0 bridgehead atoms. The van der Waals surface area contributed by atoms with Gasteiger partial charge in [0.05, 0.1) is 24.0 Å². The number of thioether (sulfide) groups is 1. The normalized spacial score (nSPS) is 18.2. The van der Waals surface area contributed by atoms with Gasteiger partial charge < -0.3 is 39.5 Å². The second-order valence-corrected chi connectivity index (χ2v) is 23.5. The Bertz CT molecular complexity index is 3410. The first-order valence-corrected chi connectivity index (χ1v) is 29.9. The molecule has 1 unspecified atom stereocenters. The van der Waals surface area contributed by atoms with Crippen LogP contribution in [0.2, 0.25) is 0 Å². The first-order valence-electron chi connectivity index (χ1n) is 28.6. The summed E-state index contributed by atoms with van der Waals surface area (Å²) in [6.45, 7) is 7.56. The Morgan fingerprint density at radius 1 is 0.726 bits per heavy atom. The third-order valence-corrected chi connectivity index (χ3v) is 17.5. The van der Waals surface area contributed by atoms with Crippen LogP contribution in [-0.4, -0.2) is 102 Å². The number of hydrogen-bond acceptors (Lipinski definition) is 13. The third-order valence-electron chi connectivity index (χ3n) is 16.5. The second-order valence-electron chi connectivity index (χ2n) is 22.5. The van der Waals surface area contributed by atoms with Gasteiger partial charge in [0.1, 0.15) is 24.7 Å². The number of nitrogens with zero attached hydrogens (tertiary/aromatic N) is 4. The van der Waals surface area contributed by atoms with Crippen LogP contribution in [0.3, 0.4) is 0 Å². The number of hydrogen-bond donors (Lipinski definition) is 2. The van der Waals surface area contributed by atoms with Gasteiger partial charge in [-0.2, -0.15) is 11.8 Å². The number of carbonyl (C=O) groups is 8. The number of fused-ring (bicyclic) bond motifs is 8. The number of amides is 6. The molecule has 5 aromatic carbocycles. The van der Waals surface area contributed by atoms with Gasteiger partial charge in [0.25, 0.3) is 11.8 Å². The molecular weight excluding hydrogens is 1160 g/mol. The molecule has 17 nitrogen and oxygen atoms in total. The van der Waals surface area contributed by atoms with Gasteiger partial charge in [-0.1, -0.05) is 49.4 Å². The van der Waals surface area contributed by atoms with Crippen molar-refractivity contribution in [3.05, 3.63) is 142 Å². The number of nitrogens with one attached hydrogen (secondary N) is 2. The van der Waals surface area contributed by atoms with Crippen molar-refractivity contribution in [1.82, 2.24) is 10.2 Å². The Kier molecular flexibility index (Phi) is 19.8. The Labute approximate surface area is 520 Å². The van der Waals surface area contributed by atoms with Gasteiger partial charge in [-0.25, -0.2) is 6.54 Å². The predicted octanol–water partition coefficient (Wildman–Crippen LogP) is 9.30. The van der Waals surface area contributed by atoms with Gasteiger partial charge in [0.2, 0.25) is 23.6 Å². The summed E-state index contributed by atoms with van der Waals surface area (Å²) in [7, 11) is 3.44. The number of Topliss-reactive ketones (excluding diaryl/α,β-unsaturated/α-hetero) is 2.